The van der Waals surface area contributed by atoms with Crippen LogP contribution in [0.5, 0.6) is 0 Å². The Hall–Kier alpha value is -1.26. The molecule has 0 saturated heterocycles. The van der Waals surface area contributed by atoms with Gasteiger partial charge in [0.25, 0.3) is 0 Å². The van der Waals surface area contributed by atoms with Crippen molar-refractivity contribution in [2.24, 2.45) is 5.73 Å². The molecule has 0 aromatic rings. The van der Waals surface area contributed by atoms with Gasteiger partial charge in [-0.2, -0.15) is 10.5 Å². The van der Waals surface area contributed by atoms with Crippen molar-refractivity contribution in [1.29, 1.82) is 10.5 Å². The Morgan fingerprint density at radius 1 is 1.50 bits per heavy atom. The lowest BCUT2D eigenvalue weighted by molar-refractivity contribution is 0.387. The highest BCUT2D eigenvalue weighted by Crippen LogP contribution is 1.97. The fourth-order valence-corrected chi connectivity index (χ4v) is 0.640. The van der Waals surface area contributed by atoms with Gasteiger partial charge >= 0.3 is 0 Å². The zero-order chi connectivity index (χ0) is 7.98. The minimum Gasteiger partial charge on any atom is -0.328 e. The summed E-state index contributed by atoms with van der Waals surface area (Å²) >= 11 is 0. The molecule has 0 rings (SSSR count). The Morgan fingerprint density at radius 2 is 2.00 bits per heavy atom. The molecule has 0 aliphatic heterocycles. The lowest BCUT2D eigenvalue weighted by atomic mass is 10.2. The molecule has 10 heavy (non-hydrogen) atoms. The fraction of sp³-hybridized carbons (Fsp3) is 0.667. The molecule has 2 N–H and O–H groups in total. The SMILES string of the molecule is CCC(CN)N(C#N)C#N. The zero-order valence-corrected chi connectivity index (χ0v) is 5.91. The first-order valence-corrected chi connectivity index (χ1v) is 3.08. The van der Waals surface area contributed by atoms with Crippen LogP contribution in [0, 0.1) is 22.9 Å². The predicted molar refractivity (Wildman–Crippen MR) is 36.2 cm³/mol. The highest BCUT2D eigenvalue weighted by molar-refractivity contribution is 4.92. The van der Waals surface area contributed by atoms with Gasteiger partial charge in [0, 0.05) is 6.54 Å². The second-order valence-corrected chi connectivity index (χ2v) is 1.87. The van der Waals surface area contributed by atoms with Crippen molar-refractivity contribution >= 4 is 0 Å². The molecule has 1 unspecified atom stereocenters. The van der Waals surface area contributed by atoms with Crippen molar-refractivity contribution in [2.75, 3.05) is 6.54 Å². The lowest BCUT2D eigenvalue weighted by Crippen LogP contribution is -2.33. The number of hydrogen-bond donors (Lipinski definition) is 1. The van der Waals surface area contributed by atoms with Gasteiger partial charge in [-0.05, 0) is 6.42 Å². The number of nitriles is 2. The van der Waals surface area contributed by atoms with Crippen LogP contribution in [0.2, 0.25) is 0 Å². The molecular formula is C6H10N4. The summed E-state index contributed by atoms with van der Waals surface area (Å²) in [6.07, 6.45) is 4.21. The van der Waals surface area contributed by atoms with Gasteiger partial charge in [-0.3, -0.25) is 0 Å². The van der Waals surface area contributed by atoms with Crippen LogP contribution in [0.3, 0.4) is 0 Å². The average molecular weight is 138 g/mol. The third-order valence-corrected chi connectivity index (χ3v) is 1.32. The van der Waals surface area contributed by atoms with Crippen LogP contribution in [0.1, 0.15) is 13.3 Å². The van der Waals surface area contributed by atoms with Gasteiger partial charge in [0.2, 0.25) is 0 Å². The molecule has 0 spiro atoms. The molecule has 0 aromatic carbocycles. The molecule has 0 heterocycles. The minimum absolute atomic E-state index is 0.130. The van der Waals surface area contributed by atoms with E-state index >= 15 is 0 Å². The van der Waals surface area contributed by atoms with Gasteiger partial charge in [0.05, 0.1) is 6.04 Å². The molecule has 4 nitrogen and oxygen atoms in total. The van der Waals surface area contributed by atoms with Crippen molar-refractivity contribution in [3.8, 4) is 12.4 Å². The van der Waals surface area contributed by atoms with E-state index in [-0.39, 0.29) is 6.04 Å². The first-order chi connectivity index (χ1) is 4.79. The Kier molecular flexibility index (Phi) is 4.02. The largest absolute Gasteiger partial charge is 0.328 e. The molecule has 0 fully saturated rings. The van der Waals surface area contributed by atoms with E-state index in [4.69, 9.17) is 16.3 Å². The van der Waals surface area contributed by atoms with E-state index in [9.17, 15) is 0 Å². The van der Waals surface area contributed by atoms with Crippen molar-refractivity contribution in [2.45, 2.75) is 19.4 Å². The summed E-state index contributed by atoms with van der Waals surface area (Å²) in [6, 6.07) is -0.130. The van der Waals surface area contributed by atoms with E-state index in [1.165, 1.54) is 0 Å². The van der Waals surface area contributed by atoms with Crippen molar-refractivity contribution in [1.82, 2.24) is 4.90 Å². The van der Waals surface area contributed by atoms with Crippen molar-refractivity contribution in [3.05, 3.63) is 0 Å². The van der Waals surface area contributed by atoms with Gasteiger partial charge in [-0.15, -0.1) is 0 Å². The smallest absolute Gasteiger partial charge is 0.194 e. The summed E-state index contributed by atoms with van der Waals surface area (Å²) < 4.78 is 0. The van der Waals surface area contributed by atoms with E-state index in [2.05, 4.69) is 0 Å². The highest BCUT2D eigenvalue weighted by Gasteiger charge is 2.11. The number of rotatable bonds is 3. The molecule has 4 heteroatoms. The normalized spacial score (nSPS) is 11.2. The highest BCUT2D eigenvalue weighted by atomic mass is 15.1. The summed E-state index contributed by atoms with van der Waals surface area (Å²) in [5, 5.41) is 16.7. The molecule has 54 valence electrons. The fourth-order valence-electron chi connectivity index (χ4n) is 0.640. The van der Waals surface area contributed by atoms with Gasteiger partial charge in [0.15, 0.2) is 12.4 Å². The molecule has 0 aliphatic rings. The molecule has 0 saturated carbocycles. The molecule has 0 amide bonds. The van der Waals surface area contributed by atoms with E-state index in [0.29, 0.717) is 6.54 Å². The standard InChI is InChI=1S/C6H10N4/c1-2-6(3-7)10(4-8)5-9/h6H,2-3,7H2,1H3. The Bertz CT molecular complexity index is 146. The number of nitrogens with two attached hydrogens (primary N) is 1. The third kappa shape index (κ3) is 1.93. The second-order valence-electron chi connectivity index (χ2n) is 1.87. The number of hydrogen-bond acceptors (Lipinski definition) is 4. The summed E-state index contributed by atoms with van der Waals surface area (Å²) in [5.74, 6) is 0. The topological polar surface area (TPSA) is 76.8 Å². The van der Waals surface area contributed by atoms with Crippen molar-refractivity contribution < 1.29 is 0 Å². The van der Waals surface area contributed by atoms with Crippen molar-refractivity contribution in [3.63, 3.8) is 0 Å². The van der Waals surface area contributed by atoms with Gasteiger partial charge < -0.3 is 5.73 Å². The Balaban J connectivity index is 4.02. The quantitative estimate of drug-likeness (QED) is 0.439. The monoisotopic (exact) mass is 138 g/mol. The summed E-state index contributed by atoms with van der Waals surface area (Å²) in [4.78, 5) is 1.01. The van der Waals surface area contributed by atoms with Gasteiger partial charge in [0.1, 0.15) is 0 Å². The molecule has 0 aliphatic carbocycles. The van der Waals surface area contributed by atoms with Gasteiger partial charge in [-0.25, -0.2) is 4.90 Å². The maximum absolute atomic E-state index is 8.36. The van der Waals surface area contributed by atoms with Crippen LogP contribution in [0.4, 0.5) is 0 Å². The average Bonchev–Trinajstić information content (AvgIpc) is 2.00. The predicted octanol–water partition coefficient (Wildman–Crippen LogP) is -0.0121. The summed E-state index contributed by atoms with van der Waals surface area (Å²) in [7, 11) is 0. The third-order valence-electron chi connectivity index (χ3n) is 1.32. The van der Waals surface area contributed by atoms with Gasteiger partial charge in [-0.1, -0.05) is 6.92 Å². The summed E-state index contributed by atoms with van der Waals surface area (Å²) in [6.45, 7) is 2.23. The first-order valence-electron chi connectivity index (χ1n) is 3.08. The Morgan fingerprint density at radius 3 is 2.10 bits per heavy atom. The van der Waals surface area contributed by atoms with E-state index < -0.39 is 0 Å². The van der Waals surface area contributed by atoms with Crippen LogP contribution < -0.4 is 5.73 Å². The zero-order valence-electron chi connectivity index (χ0n) is 5.91. The Labute approximate surface area is 60.4 Å². The minimum atomic E-state index is -0.130. The van der Waals surface area contributed by atoms with E-state index in [1.807, 2.05) is 6.92 Å². The second kappa shape index (κ2) is 4.60. The molecule has 1 atom stereocenters. The lowest BCUT2D eigenvalue weighted by Gasteiger charge is -2.15. The summed E-state index contributed by atoms with van der Waals surface area (Å²) in [5.41, 5.74) is 5.29. The van der Waals surface area contributed by atoms with Crippen LogP contribution >= 0.6 is 0 Å². The van der Waals surface area contributed by atoms with Crippen LogP contribution in [0.25, 0.3) is 0 Å². The molecule has 0 aromatic heterocycles. The molecular weight excluding hydrogens is 128 g/mol. The maximum Gasteiger partial charge on any atom is 0.194 e. The van der Waals surface area contributed by atoms with E-state index in [0.717, 1.165) is 11.3 Å². The molecule has 0 radical (unpaired) electrons. The van der Waals surface area contributed by atoms with Crippen LogP contribution in [-0.2, 0) is 0 Å². The maximum atomic E-state index is 8.36. The first kappa shape index (κ1) is 8.74. The van der Waals surface area contributed by atoms with E-state index in [1.54, 1.807) is 12.4 Å². The van der Waals surface area contributed by atoms with Crippen LogP contribution in [-0.4, -0.2) is 17.5 Å². The molecule has 0 bridgehead atoms. The van der Waals surface area contributed by atoms with Crippen LogP contribution in [0.15, 0.2) is 0 Å². The number of nitrogens with zero attached hydrogens (tertiary/aromatic N) is 3.